The zero-order valence-corrected chi connectivity index (χ0v) is 11.6. The van der Waals surface area contributed by atoms with E-state index in [2.05, 4.69) is 20.3 Å². The summed E-state index contributed by atoms with van der Waals surface area (Å²) in [5.41, 5.74) is 10.1. The van der Waals surface area contributed by atoms with Crippen LogP contribution in [-0.2, 0) is 0 Å². The van der Waals surface area contributed by atoms with Crippen molar-refractivity contribution in [2.45, 2.75) is 6.92 Å². The molecule has 5 heteroatoms. The van der Waals surface area contributed by atoms with Crippen LogP contribution in [0.5, 0.6) is 0 Å². The Balaban J connectivity index is 1.92. The van der Waals surface area contributed by atoms with Gasteiger partial charge in [-0.25, -0.2) is 9.97 Å². The molecule has 0 aliphatic rings. The Morgan fingerprint density at radius 2 is 1.86 bits per heavy atom. The fourth-order valence-electron chi connectivity index (χ4n) is 1.97. The van der Waals surface area contributed by atoms with Crippen molar-refractivity contribution in [3.63, 3.8) is 0 Å². The number of nitrogens with one attached hydrogen (secondary N) is 1. The van der Waals surface area contributed by atoms with E-state index in [-0.39, 0.29) is 0 Å². The molecular formula is C16H15N5. The predicted octanol–water partition coefficient (Wildman–Crippen LogP) is 3.17. The number of aryl methyl sites for hydroxylation is 1. The van der Waals surface area contributed by atoms with Crippen LogP contribution in [0.4, 0.5) is 17.3 Å². The first-order chi connectivity index (χ1) is 10.2. The minimum atomic E-state index is 0.520. The van der Waals surface area contributed by atoms with E-state index in [0.29, 0.717) is 11.6 Å². The number of rotatable bonds is 3. The SMILES string of the molecule is Cc1ccc(N)cc1Nc1nccc(-c2ccccn2)n1. The second-order valence-electron chi connectivity index (χ2n) is 4.68. The van der Waals surface area contributed by atoms with Gasteiger partial charge in [0.15, 0.2) is 0 Å². The van der Waals surface area contributed by atoms with Crippen molar-refractivity contribution in [3.8, 4) is 11.4 Å². The van der Waals surface area contributed by atoms with Crippen LogP contribution in [0.25, 0.3) is 11.4 Å². The third-order valence-electron chi connectivity index (χ3n) is 3.09. The Morgan fingerprint density at radius 1 is 0.952 bits per heavy atom. The lowest BCUT2D eigenvalue weighted by Gasteiger charge is -2.09. The monoisotopic (exact) mass is 277 g/mol. The van der Waals surface area contributed by atoms with Crippen LogP contribution >= 0.6 is 0 Å². The number of hydrogen-bond acceptors (Lipinski definition) is 5. The molecule has 0 fully saturated rings. The highest BCUT2D eigenvalue weighted by atomic mass is 15.1. The van der Waals surface area contributed by atoms with E-state index in [0.717, 1.165) is 22.6 Å². The molecule has 0 radical (unpaired) electrons. The minimum Gasteiger partial charge on any atom is -0.399 e. The van der Waals surface area contributed by atoms with E-state index in [1.165, 1.54) is 0 Å². The molecule has 0 unspecified atom stereocenters. The normalized spacial score (nSPS) is 10.3. The zero-order valence-electron chi connectivity index (χ0n) is 11.6. The van der Waals surface area contributed by atoms with E-state index < -0.39 is 0 Å². The van der Waals surface area contributed by atoms with Gasteiger partial charge in [0, 0.05) is 23.8 Å². The molecule has 0 aliphatic heterocycles. The van der Waals surface area contributed by atoms with Crippen LogP contribution in [0.1, 0.15) is 5.56 Å². The summed E-state index contributed by atoms with van der Waals surface area (Å²) in [7, 11) is 0. The highest BCUT2D eigenvalue weighted by molar-refractivity contribution is 5.65. The Kier molecular flexibility index (Phi) is 3.47. The maximum absolute atomic E-state index is 5.81. The first-order valence-corrected chi connectivity index (χ1v) is 6.60. The van der Waals surface area contributed by atoms with Gasteiger partial charge in [-0.05, 0) is 42.8 Å². The van der Waals surface area contributed by atoms with Crippen LogP contribution in [0.3, 0.4) is 0 Å². The number of hydrogen-bond donors (Lipinski definition) is 2. The Morgan fingerprint density at radius 3 is 2.67 bits per heavy atom. The molecular weight excluding hydrogens is 262 g/mol. The van der Waals surface area contributed by atoms with Crippen LogP contribution in [0.2, 0.25) is 0 Å². The summed E-state index contributed by atoms with van der Waals surface area (Å²) in [4.78, 5) is 13.0. The van der Waals surface area contributed by atoms with E-state index in [1.54, 1.807) is 12.4 Å². The van der Waals surface area contributed by atoms with Crippen molar-refractivity contribution in [1.29, 1.82) is 0 Å². The van der Waals surface area contributed by atoms with Crippen molar-refractivity contribution >= 4 is 17.3 Å². The third-order valence-corrected chi connectivity index (χ3v) is 3.09. The lowest BCUT2D eigenvalue weighted by molar-refractivity contribution is 1.15. The van der Waals surface area contributed by atoms with Crippen molar-refractivity contribution in [2.75, 3.05) is 11.1 Å². The molecule has 2 aromatic heterocycles. The van der Waals surface area contributed by atoms with Gasteiger partial charge in [0.1, 0.15) is 0 Å². The summed E-state index contributed by atoms with van der Waals surface area (Å²) in [6.07, 6.45) is 3.45. The number of nitrogens with zero attached hydrogens (tertiary/aromatic N) is 3. The molecule has 104 valence electrons. The molecule has 0 saturated carbocycles. The molecule has 0 spiro atoms. The molecule has 0 saturated heterocycles. The molecule has 0 aliphatic carbocycles. The molecule has 1 aromatic carbocycles. The van der Waals surface area contributed by atoms with Crippen LogP contribution in [0.15, 0.2) is 54.9 Å². The van der Waals surface area contributed by atoms with Gasteiger partial charge in [-0.2, -0.15) is 0 Å². The highest BCUT2D eigenvalue weighted by Crippen LogP contribution is 2.22. The Bertz CT molecular complexity index is 756. The fourth-order valence-corrected chi connectivity index (χ4v) is 1.97. The second kappa shape index (κ2) is 5.58. The van der Waals surface area contributed by atoms with Gasteiger partial charge >= 0.3 is 0 Å². The summed E-state index contributed by atoms with van der Waals surface area (Å²) in [6, 6.07) is 13.2. The summed E-state index contributed by atoms with van der Waals surface area (Å²) >= 11 is 0. The van der Waals surface area contributed by atoms with E-state index in [1.807, 2.05) is 49.4 Å². The minimum absolute atomic E-state index is 0.520. The Labute approximate surface area is 122 Å². The quantitative estimate of drug-likeness (QED) is 0.719. The number of benzene rings is 1. The maximum atomic E-state index is 5.81. The van der Waals surface area contributed by atoms with Crippen molar-refractivity contribution in [1.82, 2.24) is 15.0 Å². The second-order valence-corrected chi connectivity index (χ2v) is 4.68. The maximum Gasteiger partial charge on any atom is 0.227 e. The summed E-state index contributed by atoms with van der Waals surface area (Å²) in [6.45, 7) is 2.00. The summed E-state index contributed by atoms with van der Waals surface area (Å²) < 4.78 is 0. The third kappa shape index (κ3) is 2.97. The number of nitrogen functional groups attached to an aromatic ring is 1. The molecule has 3 aromatic rings. The average molecular weight is 277 g/mol. The number of nitrogens with two attached hydrogens (primary N) is 1. The molecule has 21 heavy (non-hydrogen) atoms. The van der Waals surface area contributed by atoms with Gasteiger partial charge < -0.3 is 11.1 Å². The van der Waals surface area contributed by atoms with Gasteiger partial charge in [-0.15, -0.1) is 0 Å². The topological polar surface area (TPSA) is 76.7 Å². The van der Waals surface area contributed by atoms with Crippen molar-refractivity contribution in [2.24, 2.45) is 0 Å². The van der Waals surface area contributed by atoms with Gasteiger partial charge in [0.25, 0.3) is 0 Å². The highest BCUT2D eigenvalue weighted by Gasteiger charge is 2.05. The predicted molar refractivity (Wildman–Crippen MR) is 84.1 cm³/mol. The number of aromatic nitrogens is 3. The lowest BCUT2D eigenvalue weighted by Crippen LogP contribution is -2.00. The van der Waals surface area contributed by atoms with Crippen LogP contribution in [0, 0.1) is 6.92 Å². The Hall–Kier alpha value is -2.95. The molecule has 2 heterocycles. The summed E-state index contributed by atoms with van der Waals surface area (Å²) in [5.74, 6) is 0.520. The van der Waals surface area contributed by atoms with Gasteiger partial charge in [0.05, 0.1) is 11.4 Å². The van der Waals surface area contributed by atoms with Crippen LogP contribution < -0.4 is 11.1 Å². The van der Waals surface area contributed by atoms with E-state index >= 15 is 0 Å². The standard InChI is InChI=1S/C16H15N5/c1-11-5-6-12(17)10-15(11)21-16-19-9-7-14(20-16)13-4-2-3-8-18-13/h2-10H,17H2,1H3,(H,19,20,21). The molecule has 5 nitrogen and oxygen atoms in total. The molecule has 3 N–H and O–H groups in total. The molecule has 0 amide bonds. The first kappa shape index (κ1) is 13.1. The van der Waals surface area contributed by atoms with Crippen molar-refractivity contribution < 1.29 is 0 Å². The zero-order chi connectivity index (χ0) is 14.7. The van der Waals surface area contributed by atoms with Gasteiger partial charge in [-0.3, -0.25) is 4.98 Å². The molecule has 3 rings (SSSR count). The fraction of sp³-hybridized carbons (Fsp3) is 0.0625. The average Bonchev–Trinajstić information content (AvgIpc) is 2.52. The smallest absolute Gasteiger partial charge is 0.227 e. The molecule has 0 atom stereocenters. The summed E-state index contributed by atoms with van der Waals surface area (Å²) in [5, 5.41) is 3.19. The number of anilines is 3. The van der Waals surface area contributed by atoms with Gasteiger partial charge in [-0.1, -0.05) is 12.1 Å². The number of pyridine rings is 1. The largest absolute Gasteiger partial charge is 0.399 e. The van der Waals surface area contributed by atoms with Crippen molar-refractivity contribution in [3.05, 3.63) is 60.4 Å². The van der Waals surface area contributed by atoms with Crippen LogP contribution in [-0.4, -0.2) is 15.0 Å². The first-order valence-electron chi connectivity index (χ1n) is 6.60. The molecule has 0 bridgehead atoms. The van der Waals surface area contributed by atoms with Gasteiger partial charge in [0.2, 0.25) is 5.95 Å². The van der Waals surface area contributed by atoms with E-state index in [4.69, 9.17) is 5.73 Å². The van der Waals surface area contributed by atoms with E-state index in [9.17, 15) is 0 Å². The lowest BCUT2D eigenvalue weighted by atomic mass is 10.2.